The van der Waals surface area contributed by atoms with Gasteiger partial charge in [-0.3, -0.25) is 4.90 Å². The summed E-state index contributed by atoms with van der Waals surface area (Å²) in [6, 6.07) is 8.37. The Hall–Kier alpha value is -2.67. The zero-order valence-corrected chi connectivity index (χ0v) is 24.5. The lowest BCUT2D eigenvalue weighted by Gasteiger charge is -2.42. The van der Waals surface area contributed by atoms with E-state index in [0.29, 0.717) is 26.1 Å². The second-order valence-electron chi connectivity index (χ2n) is 11.1. The zero-order chi connectivity index (χ0) is 28.4. The molecule has 2 saturated heterocycles. The smallest absolute Gasteiger partial charge is 0.410 e. The Balaban J connectivity index is 1.75. The van der Waals surface area contributed by atoms with Crippen LogP contribution < -0.4 is 5.32 Å². The van der Waals surface area contributed by atoms with Crippen molar-refractivity contribution in [3.8, 4) is 0 Å². The lowest BCUT2D eigenvalue weighted by molar-refractivity contribution is -0.151. The Morgan fingerprint density at radius 1 is 1.10 bits per heavy atom. The van der Waals surface area contributed by atoms with Crippen LogP contribution in [-0.2, 0) is 30.3 Å². The summed E-state index contributed by atoms with van der Waals surface area (Å²) in [5.74, 6) is -0.626. The standard InChI is InChI=1S/C27H43N3O8Si/c1-5-35-25(32)23(28-26(33)37-15-16-39(2,3)4)24(29-12-11-21(31)17-29)22-18-30(13-14-36-22)27(34)38-19-20-9-7-6-8-10-20/h6-10,21-24,31H,5,11-19H2,1-4H3,(H,28,33)/t21-,22-,23+,24-/m1/s1. The van der Waals surface area contributed by atoms with E-state index in [1.807, 2.05) is 35.2 Å². The van der Waals surface area contributed by atoms with Crippen LogP contribution in [0.25, 0.3) is 0 Å². The first-order valence-corrected chi connectivity index (χ1v) is 17.4. The number of nitrogens with one attached hydrogen (secondary N) is 1. The number of benzene rings is 1. The van der Waals surface area contributed by atoms with Gasteiger partial charge in [0.05, 0.1) is 44.6 Å². The molecule has 1 aromatic rings. The number of amides is 2. The molecule has 2 amide bonds. The number of alkyl carbamates (subject to hydrolysis) is 1. The second kappa shape index (κ2) is 14.6. The number of aliphatic hydroxyl groups is 1. The van der Waals surface area contributed by atoms with E-state index in [9.17, 15) is 19.5 Å². The maximum absolute atomic E-state index is 13.2. The van der Waals surface area contributed by atoms with E-state index < -0.39 is 50.5 Å². The predicted molar refractivity (Wildman–Crippen MR) is 147 cm³/mol. The molecule has 2 fully saturated rings. The molecular formula is C27H43N3O8Si. The fourth-order valence-corrected chi connectivity index (χ4v) is 5.41. The number of hydrogen-bond donors (Lipinski definition) is 2. The van der Waals surface area contributed by atoms with Crippen molar-refractivity contribution in [1.82, 2.24) is 15.1 Å². The Bertz CT molecular complexity index is 945. The van der Waals surface area contributed by atoms with Crippen LogP contribution in [0.5, 0.6) is 0 Å². The number of nitrogens with zero attached hydrogens (tertiary/aromatic N) is 2. The van der Waals surface area contributed by atoms with Gasteiger partial charge >= 0.3 is 18.2 Å². The number of ether oxygens (including phenoxy) is 4. The van der Waals surface area contributed by atoms with Crippen molar-refractivity contribution in [1.29, 1.82) is 0 Å². The number of hydrogen-bond acceptors (Lipinski definition) is 9. The fraction of sp³-hybridized carbons (Fsp3) is 0.667. The molecule has 11 nitrogen and oxygen atoms in total. The Morgan fingerprint density at radius 2 is 1.85 bits per heavy atom. The van der Waals surface area contributed by atoms with Gasteiger partial charge in [0, 0.05) is 27.7 Å². The van der Waals surface area contributed by atoms with Gasteiger partial charge in [0.2, 0.25) is 0 Å². The van der Waals surface area contributed by atoms with Gasteiger partial charge in [-0.15, -0.1) is 0 Å². The summed E-state index contributed by atoms with van der Waals surface area (Å²) in [4.78, 5) is 42.3. The number of carbonyl (C=O) groups excluding carboxylic acids is 3. The van der Waals surface area contributed by atoms with Gasteiger partial charge in [0.15, 0.2) is 0 Å². The summed E-state index contributed by atoms with van der Waals surface area (Å²) in [5, 5.41) is 13.0. The highest BCUT2D eigenvalue weighted by atomic mass is 28.3. The van der Waals surface area contributed by atoms with Crippen molar-refractivity contribution < 1.29 is 38.4 Å². The average Bonchev–Trinajstić information content (AvgIpc) is 3.32. The van der Waals surface area contributed by atoms with Crippen LogP contribution >= 0.6 is 0 Å². The van der Waals surface area contributed by atoms with E-state index >= 15 is 0 Å². The van der Waals surface area contributed by atoms with Crippen molar-refractivity contribution in [2.45, 2.75) is 69.9 Å². The van der Waals surface area contributed by atoms with Crippen LogP contribution in [0.1, 0.15) is 18.9 Å². The van der Waals surface area contributed by atoms with E-state index in [2.05, 4.69) is 25.0 Å². The number of β-amino-alcohol motifs (C(OH)–C–C–N with tert-alkyl or cyclic N) is 1. The summed E-state index contributed by atoms with van der Waals surface area (Å²) in [7, 11) is -1.43. The van der Waals surface area contributed by atoms with Gasteiger partial charge in [-0.1, -0.05) is 50.0 Å². The van der Waals surface area contributed by atoms with Gasteiger partial charge < -0.3 is 34.3 Å². The normalized spacial score (nSPS) is 21.6. The number of morpholine rings is 1. The van der Waals surface area contributed by atoms with Crippen molar-refractivity contribution in [3.63, 3.8) is 0 Å². The molecule has 0 aliphatic carbocycles. The highest BCUT2D eigenvalue weighted by Gasteiger charge is 2.45. The topological polar surface area (TPSA) is 127 Å². The number of aliphatic hydroxyl groups excluding tert-OH is 1. The molecule has 12 heteroatoms. The van der Waals surface area contributed by atoms with Crippen LogP contribution in [0.3, 0.4) is 0 Å². The number of esters is 1. The first kappa shape index (κ1) is 30.9. The predicted octanol–water partition coefficient (Wildman–Crippen LogP) is 2.46. The molecule has 1 aromatic carbocycles. The number of carbonyl (C=O) groups is 3. The molecule has 0 spiro atoms. The Labute approximate surface area is 231 Å². The molecule has 0 unspecified atom stereocenters. The highest BCUT2D eigenvalue weighted by molar-refractivity contribution is 6.76. The lowest BCUT2D eigenvalue weighted by Crippen LogP contribution is -2.64. The van der Waals surface area contributed by atoms with Crippen molar-refractivity contribution in [2.75, 3.05) is 46.0 Å². The van der Waals surface area contributed by atoms with E-state index in [0.717, 1.165) is 11.6 Å². The van der Waals surface area contributed by atoms with Gasteiger partial charge in [-0.2, -0.15) is 0 Å². The molecule has 2 heterocycles. The minimum absolute atomic E-state index is 0.125. The highest BCUT2D eigenvalue weighted by Crippen LogP contribution is 2.24. The number of likely N-dealkylation sites (tertiary alicyclic amines) is 1. The molecule has 2 aliphatic heterocycles. The third-order valence-electron chi connectivity index (χ3n) is 6.79. The van der Waals surface area contributed by atoms with Crippen LogP contribution in [0.15, 0.2) is 30.3 Å². The minimum Gasteiger partial charge on any atom is -0.464 e. The third kappa shape index (κ3) is 9.78. The fourth-order valence-electron chi connectivity index (χ4n) is 4.69. The van der Waals surface area contributed by atoms with Gasteiger partial charge in [-0.25, -0.2) is 14.4 Å². The van der Waals surface area contributed by atoms with E-state index in [1.165, 1.54) is 0 Å². The zero-order valence-electron chi connectivity index (χ0n) is 23.5. The summed E-state index contributed by atoms with van der Waals surface area (Å²) in [5.41, 5.74) is 0.874. The van der Waals surface area contributed by atoms with Crippen molar-refractivity contribution >= 4 is 26.2 Å². The lowest BCUT2D eigenvalue weighted by atomic mass is 9.98. The third-order valence-corrected chi connectivity index (χ3v) is 8.50. The van der Waals surface area contributed by atoms with E-state index in [1.54, 1.807) is 11.8 Å². The van der Waals surface area contributed by atoms with E-state index in [-0.39, 0.29) is 33.0 Å². The molecule has 39 heavy (non-hydrogen) atoms. The summed E-state index contributed by atoms with van der Waals surface area (Å²) in [6.45, 7) is 10.3. The minimum atomic E-state index is -1.43. The molecule has 2 N–H and O–H groups in total. The first-order chi connectivity index (χ1) is 18.6. The maximum atomic E-state index is 13.2. The number of rotatable bonds is 11. The summed E-state index contributed by atoms with van der Waals surface area (Å²) in [6.07, 6.45) is -1.91. The van der Waals surface area contributed by atoms with Gasteiger partial charge in [0.25, 0.3) is 0 Å². The molecule has 0 bridgehead atoms. The molecule has 0 radical (unpaired) electrons. The molecule has 0 saturated carbocycles. The molecule has 2 aliphatic rings. The first-order valence-electron chi connectivity index (χ1n) is 13.7. The van der Waals surface area contributed by atoms with Gasteiger partial charge in [0.1, 0.15) is 12.6 Å². The van der Waals surface area contributed by atoms with E-state index in [4.69, 9.17) is 18.9 Å². The molecular weight excluding hydrogens is 522 g/mol. The van der Waals surface area contributed by atoms with Crippen LogP contribution in [-0.4, -0.2) is 111 Å². The Kier molecular flexibility index (Phi) is 11.6. The largest absolute Gasteiger partial charge is 0.464 e. The maximum Gasteiger partial charge on any atom is 0.410 e. The molecule has 4 atom stereocenters. The van der Waals surface area contributed by atoms with Crippen LogP contribution in [0.2, 0.25) is 25.7 Å². The van der Waals surface area contributed by atoms with Crippen LogP contribution in [0, 0.1) is 0 Å². The van der Waals surface area contributed by atoms with Gasteiger partial charge in [-0.05, 0) is 25.0 Å². The van der Waals surface area contributed by atoms with Crippen molar-refractivity contribution in [2.24, 2.45) is 0 Å². The van der Waals surface area contributed by atoms with Crippen molar-refractivity contribution in [3.05, 3.63) is 35.9 Å². The monoisotopic (exact) mass is 565 g/mol. The summed E-state index contributed by atoms with van der Waals surface area (Å²) >= 11 is 0. The van der Waals surface area contributed by atoms with Crippen LogP contribution in [0.4, 0.5) is 9.59 Å². The average molecular weight is 566 g/mol. The molecule has 3 rings (SSSR count). The second-order valence-corrected chi connectivity index (χ2v) is 16.8. The molecule has 0 aromatic heterocycles. The quantitative estimate of drug-likeness (QED) is 0.236. The Morgan fingerprint density at radius 3 is 2.49 bits per heavy atom. The summed E-state index contributed by atoms with van der Waals surface area (Å²) < 4.78 is 22.3. The SMILES string of the molecule is CCOC(=O)[C@@H](NC(=O)OCC[Si](C)(C)C)[C@@H]([C@H]1CN(C(=O)OCc2ccccc2)CCO1)N1CC[C@@H](O)C1. The molecule has 218 valence electrons.